The Labute approximate surface area is 154 Å². The van der Waals surface area contributed by atoms with Crippen LogP contribution in [0.1, 0.15) is 56.8 Å². The molecule has 8 heteroatoms. The quantitative estimate of drug-likeness (QED) is 0.445. The predicted molar refractivity (Wildman–Crippen MR) is 95.2 cm³/mol. The average molecular weight is 376 g/mol. The first-order valence-corrected chi connectivity index (χ1v) is 7.96. The van der Waals surface area contributed by atoms with Gasteiger partial charge >= 0.3 is 0 Å². The Balaban J connectivity index is 2.83. The number of hydrogen-bond acceptors (Lipinski definition) is 8. The summed E-state index contributed by atoms with van der Waals surface area (Å²) in [6.45, 7) is 4.87. The molecule has 0 fully saturated rings. The number of Topliss-reactive ketones (excluding diaryl/α,β-unsaturated/α-hetero) is 2. The molecule has 0 aliphatic carbocycles. The highest BCUT2D eigenvalue weighted by molar-refractivity contribution is 6.02. The van der Waals surface area contributed by atoms with Crippen LogP contribution in [-0.2, 0) is 6.42 Å². The summed E-state index contributed by atoms with van der Waals surface area (Å²) >= 11 is 0. The van der Waals surface area contributed by atoms with Crippen molar-refractivity contribution >= 4 is 11.6 Å². The minimum atomic E-state index is -0.711. The Hall–Kier alpha value is -3.42. The lowest BCUT2D eigenvalue weighted by molar-refractivity contribution is 0.0998. The largest absolute Gasteiger partial charge is 0.507 e. The van der Waals surface area contributed by atoms with Gasteiger partial charge in [-0.05, 0) is 27.7 Å². The van der Waals surface area contributed by atoms with E-state index in [2.05, 4.69) is 0 Å². The zero-order chi connectivity index (χ0) is 20.8. The number of carbonyl (C=O) groups is 2. The molecular weight excluding hydrogens is 356 g/mol. The first-order chi connectivity index (χ1) is 12.4. The first-order valence-electron chi connectivity index (χ1n) is 7.96. The van der Waals surface area contributed by atoms with Gasteiger partial charge in [0, 0.05) is 28.7 Å². The maximum Gasteiger partial charge on any atom is 0.167 e. The van der Waals surface area contributed by atoms with E-state index in [1.807, 2.05) is 0 Å². The monoisotopic (exact) mass is 376 g/mol. The van der Waals surface area contributed by atoms with Crippen LogP contribution in [0.5, 0.6) is 34.5 Å². The SMILES string of the molecule is CC(=O)c1c(O)c(C)c(O)c(Cc2c(O)c(C)c(O)c(C(C)=O)c2O)c1O. The summed E-state index contributed by atoms with van der Waals surface area (Å²) in [6, 6.07) is 0. The van der Waals surface area contributed by atoms with Crippen molar-refractivity contribution in [3.05, 3.63) is 33.4 Å². The minimum Gasteiger partial charge on any atom is -0.507 e. The maximum absolute atomic E-state index is 11.8. The fourth-order valence-corrected chi connectivity index (χ4v) is 2.98. The average Bonchev–Trinajstić information content (AvgIpc) is 2.57. The van der Waals surface area contributed by atoms with E-state index >= 15 is 0 Å². The van der Waals surface area contributed by atoms with E-state index in [9.17, 15) is 40.2 Å². The van der Waals surface area contributed by atoms with Crippen LogP contribution in [0.3, 0.4) is 0 Å². The Bertz CT molecular complexity index is 909. The Morgan fingerprint density at radius 2 is 0.889 bits per heavy atom. The predicted octanol–water partition coefficient (Wildman–Crippen LogP) is 2.53. The number of phenols is 6. The molecule has 27 heavy (non-hydrogen) atoms. The third kappa shape index (κ3) is 2.99. The van der Waals surface area contributed by atoms with Crippen molar-refractivity contribution in [2.75, 3.05) is 0 Å². The molecule has 8 nitrogen and oxygen atoms in total. The summed E-state index contributed by atoms with van der Waals surface area (Å²) in [7, 11) is 0. The van der Waals surface area contributed by atoms with Crippen LogP contribution in [-0.4, -0.2) is 42.2 Å². The zero-order valence-electron chi connectivity index (χ0n) is 15.2. The van der Waals surface area contributed by atoms with Crippen molar-refractivity contribution in [3.8, 4) is 34.5 Å². The highest BCUT2D eigenvalue weighted by Gasteiger charge is 2.28. The first kappa shape index (κ1) is 19.9. The summed E-state index contributed by atoms with van der Waals surface area (Å²) in [5.41, 5.74) is -1.45. The van der Waals surface area contributed by atoms with Gasteiger partial charge in [-0.1, -0.05) is 0 Å². The summed E-state index contributed by atoms with van der Waals surface area (Å²) in [4.78, 5) is 23.5. The van der Waals surface area contributed by atoms with E-state index < -0.39 is 63.6 Å². The van der Waals surface area contributed by atoms with Crippen LogP contribution >= 0.6 is 0 Å². The van der Waals surface area contributed by atoms with Crippen molar-refractivity contribution in [2.24, 2.45) is 0 Å². The normalized spacial score (nSPS) is 10.8. The van der Waals surface area contributed by atoms with Gasteiger partial charge in [0.05, 0.1) is 0 Å². The molecule has 6 N–H and O–H groups in total. The molecule has 2 aromatic carbocycles. The molecule has 0 aliphatic rings. The van der Waals surface area contributed by atoms with Gasteiger partial charge in [-0.2, -0.15) is 0 Å². The fraction of sp³-hybridized carbons (Fsp3) is 0.263. The second-order valence-corrected chi connectivity index (χ2v) is 6.34. The van der Waals surface area contributed by atoms with E-state index in [0.717, 1.165) is 13.8 Å². The molecule has 0 heterocycles. The molecule has 0 radical (unpaired) electrons. The minimum absolute atomic E-state index is 0.0747. The third-order valence-corrected chi connectivity index (χ3v) is 4.57. The van der Waals surface area contributed by atoms with E-state index in [1.54, 1.807) is 0 Å². The molecule has 2 rings (SSSR count). The number of hydrogen-bond donors (Lipinski definition) is 6. The molecule has 2 aromatic rings. The van der Waals surface area contributed by atoms with Crippen LogP contribution in [0, 0.1) is 13.8 Å². The Kier molecular flexibility index (Phi) is 4.95. The van der Waals surface area contributed by atoms with Crippen LogP contribution in [0.4, 0.5) is 0 Å². The third-order valence-electron chi connectivity index (χ3n) is 4.57. The van der Waals surface area contributed by atoms with Crippen LogP contribution < -0.4 is 0 Å². The molecule has 0 aromatic heterocycles. The lowest BCUT2D eigenvalue weighted by Gasteiger charge is -2.18. The van der Waals surface area contributed by atoms with Crippen molar-refractivity contribution in [2.45, 2.75) is 34.1 Å². The maximum atomic E-state index is 11.8. The molecular formula is C19H20O8. The van der Waals surface area contributed by atoms with E-state index in [4.69, 9.17) is 0 Å². The van der Waals surface area contributed by atoms with Crippen LogP contribution in [0.2, 0.25) is 0 Å². The van der Waals surface area contributed by atoms with E-state index in [0.29, 0.717) is 0 Å². The van der Waals surface area contributed by atoms with Crippen molar-refractivity contribution in [1.29, 1.82) is 0 Å². The second-order valence-electron chi connectivity index (χ2n) is 6.34. The van der Waals surface area contributed by atoms with Crippen LogP contribution in [0.25, 0.3) is 0 Å². The van der Waals surface area contributed by atoms with Gasteiger partial charge in [-0.3, -0.25) is 9.59 Å². The van der Waals surface area contributed by atoms with Crippen molar-refractivity contribution in [3.63, 3.8) is 0 Å². The summed E-state index contributed by atoms with van der Waals surface area (Å²) in [5, 5.41) is 61.4. The molecule has 0 aliphatic heterocycles. The second kappa shape index (κ2) is 6.71. The standard InChI is InChI=1S/C19H20O8/c1-6-14(22)10(18(26)12(8(3)20)16(6)24)5-11-15(23)7(2)17(25)13(9(4)21)19(11)27/h22-27H,5H2,1-4H3. The molecule has 0 spiro atoms. The summed E-state index contributed by atoms with van der Waals surface area (Å²) < 4.78 is 0. The van der Waals surface area contributed by atoms with E-state index in [-0.39, 0.29) is 22.3 Å². The van der Waals surface area contributed by atoms with Gasteiger partial charge in [-0.15, -0.1) is 0 Å². The number of benzene rings is 2. The van der Waals surface area contributed by atoms with E-state index in [1.165, 1.54) is 13.8 Å². The number of ketones is 2. The molecule has 144 valence electrons. The van der Waals surface area contributed by atoms with Gasteiger partial charge in [0.15, 0.2) is 11.6 Å². The zero-order valence-corrected chi connectivity index (χ0v) is 15.2. The molecule has 0 saturated heterocycles. The molecule has 0 saturated carbocycles. The van der Waals surface area contributed by atoms with Gasteiger partial charge in [-0.25, -0.2) is 0 Å². The summed E-state index contributed by atoms with van der Waals surface area (Å²) in [6.07, 6.45) is -0.474. The molecule has 0 atom stereocenters. The lowest BCUT2D eigenvalue weighted by atomic mass is 9.91. The van der Waals surface area contributed by atoms with Gasteiger partial charge in [0.2, 0.25) is 0 Å². The molecule has 0 amide bonds. The van der Waals surface area contributed by atoms with Crippen molar-refractivity contribution in [1.82, 2.24) is 0 Å². The number of phenolic OH excluding ortho intramolecular Hbond substituents is 6. The van der Waals surface area contributed by atoms with Gasteiger partial charge in [0.1, 0.15) is 45.6 Å². The Morgan fingerprint density at radius 3 is 1.15 bits per heavy atom. The number of carbonyl (C=O) groups excluding carboxylic acids is 2. The smallest absolute Gasteiger partial charge is 0.167 e. The highest BCUT2D eigenvalue weighted by Crippen LogP contribution is 2.47. The summed E-state index contributed by atoms with van der Waals surface area (Å²) in [5.74, 6) is -4.98. The van der Waals surface area contributed by atoms with Crippen molar-refractivity contribution < 1.29 is 40.2 Å². The number of aromatic hydroxyl groups is 6. The highest BCUT2D eigenvalue weighted by atomic mass is 16.3. The topological polar surface area (TPSA) is 156 Å². The molecule has 0 unspecified atom stereocenters. The lowest BCUT2D eigenvalue weighted by Crippen LogP contribution is -2.04. The number of rotatable bonds is 4. The Morgan fingerprint density at radius 1 is 0.593 bits per heavy atom. The van der Waals surface area contributed by atoms with Gasteiger partial charge in [0.25, 0.3) is 0 Å². The molecule has 0 bridgehead atoms. The fourth-order valence-electron chi connectivity index (χ4n) is 2.98. The van der Waals surface area contributed by atoms with Gasteiger partial charge < -0.3 is 30.6 Å². The van der Waals surface area contributed by atoms with Crippen LogP contribution in [0.15, 0.2) is 0 Å².